The average molecular weight is 349 g/mol. The minimum absolute atomic E-state index is 0.144. The summed E-state index contributed by atoms with van der Waals surface area (Å²) in [6.45, 7) is 4.00. The lowest BCUT2D eigenvalue weighted by atomic mass is 10.1. The van der Waals surface area contributed by atoms with Crippen molar-refractivity contribution < 1.29 is 4.92 Å². The van der Waals surface area contributed by atoms with Gasteiger partial charge >= 0.3 is 5.69 Å². The fourth-order valence-corrected chi connectivity index (χ4v) is 2.59. The number of nitrogens with one attached hydrogen (secondary N) is 2. The topological polar surface area (TPSA) is 93.0 Å². The molecule has 0 unspecified atom stereocenters. The molecule has 1 aromatic heterocycles. The van der Waals surface area contributed by atoms with Crippen LogP contribution in [0.4, 0.5) is 28.7 Å². The van der Waals surface area contributed by atoms with E-state index in [-0.39, 0.29) is 17.3 Å². The van der Waals surface area contributed by atoms with Crippen molar-refractivity contribution in [3.8, 4) is 0 Å². The van der Waals surface area contributed by atoms with E-state index in [0.717, 1.165) is 28.9 Å². The van der Waals surface area contributed by atoms with Crippen LogP contribution >= 0.6 is 0 Å². The zero-order valence-corrected chi connectivity index (χ0v) is 14.6. The Morgan fingerprint density at radius 2 is 1.65 bits per heavy atom. The van der Waals surface area contributed by atoms with Crippen molar-refractivity contribution in [3.05, 3.63) is 76.1 Å². The third kappa shape index (κ3) is 3.77. The van der Waals surface area contributed by atoms with Crippen LogP contribution in [0.25, 0.3) is 0 Å². The molecule has 0 radical (unpaired) electrons. The van der Waals surface area contributed by atoms with E-state index in [1.807, 2.05) is 62.4 Å². The van der Waals surface area contributed by atoms with Crippen molar-refractivity contribution in [2.45, 2.75) is 20.3 Å². The predicted molar refractivity (Wildman–Crippen MR) is 102 cm³/mol. The summed E-state index contributed by atoms with van der Waals surface area (Å²) in [5, 5.41) is 17.8. The van der Waals surface area contributed by atoms with Crippen LogP contribution in [-0.2, 0) is 6.42 Å². The van der Waals surface area contributed by atoms with Crippen molar-refractivity contribution in [1.29, 1.82) is 0 Å². The Morgan fingerprint density at radius 3 is 2.31 bits per heavy atom. The van der Waals surface area contributed by atoms with Gasteiger partial charge in [-0.1, -0.05) is 42.8 Å². The first kappa shape index (κ1) is 17.3. The van der Waals surface area contributed by atoms with Crippen molar-refractivity contribution in [1.82, 2.24) is 9.97 Å². The van der Waals surface area contributed by atoms with E-state index in [1.54, 1.807) is 0 Å². The van der Waals surface area contributed by atoms with E-state index >= 15 is 0 Å². The smallest absolute Gasteiger partial charge is 0.334 e. The molecule has 2 aromatic carbocycles. The van der Waals surface area contributed by atoms with Gasteiger partial charge in [0.2, 0.25) is 11.6 Å². The van der Waals surface area contributed by atoms with Gasteiger partial charge in [-0.25, -0.2) is 9.97 Å². The molecule has 0 aliphatic heterocycles. The van der Waals surface area contributed by atoms with Gasteiger partial charge in [0.1, 0.15) is 6.33 Å². The zero-order valence-electron chi connectivity index (χ0n) is 14.6. The summed E-state index contributed by atoms with van der Waals surface area (Å²) in [4.78, 5) is 19.3. The SMILES string of the molecule is CCc1ccccc1Nc1ncnc(Nc2ccc(C)cc2)c1[N+](=O)[O-]. The standard InChI is InChI=1S/C19H19N5O2/c1-3-14-6-4-5-7-16(14)23-19-17(24(25)26)18(20-12-21-19)22-15-10-8-13(2)9-11-15/h4-12H,3H2,1-2H3,(H2,20,21,22,23). The van der Waals surface area contributed by atoms with E-state index in [4.69, 9.17) is 0 Å². The van der Waals surface area contributed by atoms with Gasteiger partial charge in [0.05, 0.1) is 4.92 Å². The second kappa shape index (κ2) is 7.60. The van der Waals surface area contributed by atoms with Crippen LogP contribution < -0.4 is 10.6 Å². The molecule has 0 saturated carbocycles. The summed E-state index contributed by atoms with van der Waals surface area (Å²) >= 11 is 0. The third-order valence-electron chi connectivity index (χ3n) is 3.97. The molecule has 0 amide bonds. The highest BCUT2D eigenvalue weighted by Gasteiger charge is 2.23. The number of para-hydroxylation sites is 1. The second-order valence-electron chi connectivity index (χ2n) is 5.80. The quantitative estimate of drug-likeness (QED) is 0.493. The van der Waals surface area contributed by atoms with Gasteiger partial charge < -0.3 is 10.6 Å². The molecule has 3 aromatic rings. The number of aryl methyl sites for hydroxylation is 2. The van der Waals surface area contributed by atoms with Crippen LogP contribution in [0.1, 0.15) is 18.1 Å². The van der Waals surface area contributed by atoms with Gasteiger partial charge in [0, 0.05) is 11.4 Å². The maximum atomic E-state index is 11.7. The maximum Gasteiger partial charge on any atom is 0.353 e. The maximum absolute atomic E-state index is 11.7. The van der Waals surface area contributed by atoms with Crippen molar-refractivity contribution >= 4 is 28.7 Å². The molecule has 0 atom stereocenters. The Balaban J connectivity index is 1.98. The second-order valence-corrected chi connectivity index (χ2v) is 5.80. The van der Waals surface area contributed by atoms with Crippen LogP contribution in [0.3, 0.4) is 0 Å². The lowest BCUT2D eigenvalue weighted by molar-refractivity contribution is -0.383. The Labute approximate surface area is 151 Å². The molecule has 132 valence electrons. The van der Waals surface area contributed by atoms with Crippen molar-refractivity contribution in [2.75, 3.05) is 10.6 Å². The van der Waals surface area contributed by atoms with Gasteiger partial charge in [0.25, 0.3) is 0 Å². The van der Waals surface area contributed by atoms with Crippen LogP contribution in [-0.4, -0.2) is 14.9 Å². The van der Waals surface area contributed by atoms with Gasteiger partial charge in [-0.3, -0.25) is 10.1 Å². The summed E-state index contributed by atoms with van der Waals surface area (Å²) < 4.78 is 0. The molecule has 7 nitrogen and oxygen atoms in total. The monoisotopic (exact) mass is 349 g/mol. The van der Waals surface area contributed by atoms with Crippen molar-refractivity contribution in [2.24, 2.45) is 0 Å². The van der Waals surface area contributed by atoms with Crippen LogP contribution in [0.15, 0.2) is 54.9 Å². The summed E-state index contributed by atoms with van der Waals surface area (Å²) in [6, 6.07) is 15.2. The highest BCUT2D eigenvalue weighted by Crippen LogP contribution is 2.33. The molecule has 0 aliphatic carbocycles. The summed E-state index contributed by atoms with van der Waals surface area (Å²) in [7, 11) is 0. The van der Waals surface area contributed by atoms with E-state index < -0.39 is 4.92 Å². The number of aromatic nitrogens is 2. The number of hydrogen-bond acceptors (Lipinski definition) is 6. The number of hydrogen-bond donors (Lipinski definition) is 2. The van der Waals surface area contributed by atoms with Crippen LogP contribution in [0, 0.1) is 17.0 Å². The van der Waals surface area contributed by atoms with Crippen LogP contribution in [0.5, 0.6) is 0 Å². The average Bonchev–Trinajstić information content (AvgIpc) is 2.64. The van der Waals surface area contributed by atoms with E-state index in [9.17, 15) is 10.1 Å². The molecule has 26 heavy (non-hydrogen) atoms. The minimum atomic E-state index is -0.479. The Morgan fingerprint density at radius 1 is 1.00 bits per heavy atom. The first-order valence-corrected chi connectivity index (χ1v) is 8.26. The number of benzene rings is 2. The van der Waals surface area contributed by atoms with Crippen LogP contribution in [0.2, 0.25) is 0 Å². The molecule has 0 aliphatic rings. The number of nitro groups is 1. The highest BCUT2D eigenvalue weighted by atomic mass is 16.6. The van der Waals surface area contributed by atoms with Gasteiger partial charge in [-0.15, -0.1) is 0 Å². The first-order chi connectivity index (χ1) is 12.6. The summed E-state index contributed by atoms with van der Waals surface area (Å²) in [5.74, 6) is 0.297. The molecule has 7 heteroatoms. The Hall–Kier alpha value is -3.48. The van der Waals surface area contributed by atoms with Gasteiger partial charge in [-0.2, -0.15) is 0 Å². The molecular formula is C19H19N5O2. The largest absolute Gasteiger partial charge is 0.353 e. The molecule has 3 rings (SSSR count). The first-order valence-electron chi connectivity index (χ1n) is 8.26. The predicted octanol–water partition coefficient (Wildman–Crippen LogP) is 4.74. The van der Waals surface area contributed by atoms with E-state index in [0.29, 0.717) is 0 Å². The zero-order chi connectivity index (χ0) is 18.5. The molecule has 2 N–H and O–H groups in total. The lowest BCUT2D eigenvalue weighted by Crippen LogP contribution is -2.06. The fraction of sp³-hybridized carbons (Fsp3) is 0.158. The molecule has 0 bridgehead atoms. The minimum Gasteiger partial charge on any atom is -0.334 e. The normalized spacial score (nSPS) is 10.4. The Bertz CT molecular complexity index is 925. The molecule has 0 fully saturated rings. The highest BCUT2D eigenvalue weighted by molar-refractivity contribution is 5.77. The number of rotatable bonds is 6. The number of nitrogens with zero attached hydrogens (tertiary/aromatic N) is 3. The van der Waals surface area contributed by atoms with Crippen molar-refractivity contribution in [3.63, 3.8) is 0 Å². The Kier molecular flexibility index (Phi) is 5.07. The molecule has 1 heterocycles. The third-order valence-corrected chi connectivity index (χ3v) is 3.97. The van der Waals surface area contributed by atoms with E-state index in [2.05, 4.69) is 20.6 Å². The molecule has 0 saturated heterocycles. The number of anilines is 4. The lowest BCUT2D eigenvalue weighted by Gasteiger charge is -2.12. The molecular weight excluding hydrogens is 330 g/mol. The van der Waals surface area contributed by atoms with Gasteiger partial charge in [-0.05, 0) is 37.1 Å². The van der Waals surface area contributed by atoms with Gasteiger partial charge in [0.15, 0.2) is 0 Å². The summed E-state index contributed by atoms with van der Waals surface area (Å²) in [5.41, 5.74) is 3.47. The van der Waals surface area contributed by atoms with E-state index in [1.165, 1.54) is 6.33 Å². The fourth-order valence-electron chi connectivity index (χ4n) is 2.59. The molecule has 0 spiro atoms. The summed E-state index contributed by atoms with van der Waals surface area (Å²) in [6.07, 6.45) is 2.11.